The first kappa shape index (κ1) is 7.83. The summed E-state index contributed by atoms with van der Waals surface area (Å²) in [6, 6.07) is 0. The lowest BCUT2D eigenvalue weighted by molar-refractivity contribution is 0.346. The van der Waals surface area contributed by atoms with Crippen molar-refractivity contribution in [2.75, 3.05) is 0 Å². The van der Waals surface area contributed by atoms with Crippen LogP contribution in [0.2, 0.25) is 0 Å². The lowest BCUT2D eigenvalue weighted by Gasteiger charge is -2.30. The summed E-state index contributed by atoms with van der Waals surface area (Å²) in [6.07, 6.45) is 5.74. The molecule has 0 spiro atoms. The summed E-state index contributed by atoms with van der Waals surface area (Å²) >= 11 is 2.60. The van der Waals surface area contributed by atoms with Crippen molar-refractivity contribution < 1.29 is 0 Å². The van der Waals surface area contributed by atoms with Crippen LogP contribution in [0.25, 0.3) is 0 Å². The minimum atomic E-state index is 0.629. The van der Waals surface area contributed by atoms with Crippen molar-refractivity contribution in [3.63, 3.8) is 0 Å². The molecule has 0 atom stereocenters. The molecule has 0 saturated heterocycles. The summed E-state index contributed by atoms with van der Waals surface area (Å²) in [5.74, 6) is 0.993. The molecule has 0 aromatic rings. The van der Waals surface area contributed by atoms with Gasteiger partial charge in [0.1, 0.15) is 0 Å². The Kier molecular flexibility index (Phi) is 2.41. The second kappa shape index (κ2) is 2.77. The number of alkyl halides is 1. The van der Waals surface area contributed by atoms with Crippen LogP contribution in [0.3, 0.4) is 0 Å². The molecule has 1 saturated carbocycles. The van der Waals surface area contributed by atoms with Crippen LogP contribution in [0.1, 0.15) is 39.5 Å². The molecule has 0 radical (unpaired) electrons. The van der Waals surface area contributed by atoms with Crippen LogP contribution in [0.15, 0.2) is 0 Å². The van der Waals surface area contributed by atoms with E-state index in [9.17, 15) is 0 Å². The quantitative estimate of drug-likeness (QED) is 0.448. The second-order valence-corrected chi connectivity index (χ2v) is 6.20. The van der Waals surface area contributed by atoms with Crippen molar-refractivity contribution in [1.29, 1.82) is 0 Å². The van der Waals surface area contributed by atoms with Crippen LogP contribution in [-0.4, -0.2) is 3.42 Å². The average molecular weight is 238 g/mol. The minimum Gasteiger partial charge on any atom is -0.0792 e. The largest absolute Gasteiger partial charge is 0.0792 e. The monoisotopic (exact) mass is 238 g/mol. The molecule has 1 rings (SSSR count). The lowest BCUT2D eigenvalue weighted by Crippen LogP contribution is -2.22. The zero-order valence-corrected chi connectivity index (χ0v) is 8.44. The van der Waals surface area contributed by atoms with E-state index in [0.29, 0.717) is 3.42 Å². The summed E-state index contributed by atoms with van der Waals surface area (Å²) < 4.78 is 0.629. The molecule has 1 fully saturated rings. The van der Waals surface area contributed by atoms with Gasteiger partial charge in [-0.15, -0.1) is 0 Å². The van der Waals surface area contributed by atoms with Gasteiger partial charge in [0.15, 0.2) is 0 Å². The van der Waals surface area contributed by atoms with E-state index in [2.05, 4.69) is 36.4 Å². The van der Waals surface area contributed by atoms with Crippen molar-refractivity contribution in [2.24, 2.45) is 5.92 Å². The van der Waals surface area contributed by atoms with Crippen LogP contribution in [0.5, 0.6) is 0 Å². The molecule has 9 heavy (non-hydrogen) atoms. The molecular weight excluding hydrogens is 223 g/mol. The fraction of sp³-hybridized carbons (Fsp3) is 1.00. The molecule has 0 aliphatic heterocycles. The van der Waals surface area contributed by atoms with Crippen molar-refractivity contribution in [3.05, 3.63) is 0 Å². The third-order valence-electron chi connectivity index (χ3n) is 2.32. The zero-order chi connectivity index (χ0) is 6.91. The van der Waals surface area contributed by atoms with E-state index in [-0.39, 0.29) is 0 Å². The minimum absolute atomic E-state index is 0.629. The molecule has 0 aromatic carbocycles. The van der Waals surface area contributed by atoms with E-state index >= 15 is 0 Å². The maximum Gasteiger partial charge on any atom is 0.0194 e. The number of halogens is 1. The average Bonchev–Trinajstić information content (AvgIpc) is 1.78. The Morgan fingerprint density at radius 2 is 1.78 bits per heavy atom. The van der Waals surface area contributed by atoms with Crippen molar-refractivity contribution in [3.8, 4) is 0 Å². The van der Waals surface area contributed by atoms with Gasteiger partial charge < -0.3 is 0 Å². The number of rotatable bonds is 0. The van der Waals surface area contributed by atoms with Gasteiger partial charge in [0.25, 0.3) is 0 Å². The molecule has 0 unspecified atom stereocenters. The van der Waals surface area contributed by atoms with E-state index in [1.54, 1.807) is 0 Å². The van der Waals surface area contributed by atoms with Crippen LogP contribution < -0.4 is 0 Å². The highest BCUT2D eigenvalue weighted by Crippen LogP contribution is 2.37. The fourth-order valence-electron chi connectivity index (χ4n) is 1.36. The predicted octanol–water partition coefficient (Wildman–Crippen LogP) is 3.39. The smallest absolute Gasteiger partial charge is 0.0194 e. The van der Waals surface area contributed by atoms with Crippen LogP contribution in [0, 0.1) is 5.92 Å². The zero-order valence-electron chi connectivity index (χ0n) is 6.28. The first-order valence-corrected chi connectivity index (χ1v) is 4.87. The lowest BCUT2D eigenvalue weighted by atomic mass is 9.84. The van der Waals surface area contributed by atoms with Crippen LogP contribution in [0.4, 0.5) is 0 Å². The molecule has 1 aliphatic rings. The van der Waals surface area contributed by atoms with E-state index in [4.69, 9.17) is 0 Å². The Balaban J connectivity index is 2.35. The van der Waals surface area contributed by atoms with E-state index in [0.717, 1.165) is 5.92 Å². The highest BCUT2D eigenvalue weighted by molar-refractivity contribution is 14.1. The molecule has 0 aromatic heterocycles. The maximum atomic E-state index is 2.60. The molecule has 54 valence electrons. The van der Waals surface area contributed by atoms with Gasteiger partial charge in [0, 0.05) is 3.42 Å². The normalized spacial score (nSPS) is 45.0. The van der Waals surface area contributed by atoms with Crippen molar-refractivity contribution in [2.45, 2.75) is 43.0 Å². The molecule has 0 amide bonds. The van der Waals surface area contributed by atoms with Crippen molar-refractivity contribution in [1.82, 2.24) is 0 Å². The third kappa shape index (κ3) is 2.44. The Hall–Kier alpha value is 0.730. The topological polar surface area (TPSA) is 0 Å². The van der Waals surface area contributed by atoms with Gasteiger partial charge in [-0.1, -0.05) is 36.4 Å². The van der Waals surface area contributed by atoms with Gasteiger partial charge in [0.05, 0.1) is 0 Å². The van der Waals surface area contributed by atoms with E-state index in [1.165, 1.54) is 25.7 Å². The van der Waals surface area contributed by atoms with Gasteiger partial charge in [0.2, 0.25) is 0 Å². The van der Waals surface area contributed by atoms with Crippen molar-refractivity contribution >= 4 is 22.6 Å². The standard InChI is InChI=1S/C8H15I/c1-7-3-5-8(2,9)6-4-7/h7H,3-6H2,1-2H3. The van der Waals surface area contributed by atoms with Gasteiger partial charge in [-0.05, 0) is 31.6 Å². The van der Waals surface area contributed by atoms with Gasteiger partial charge in [-0.25, -0.2) is 0 Å². The Morgan fingerprint density at radius 1 is 1.33 bits per heavy atom. The van der Waals surface area contributed by atoms with E-state index in [1.807, 2.05) is 0 Å². The molecule has 0 nitrogen and oxygen atoms in total. The van der Waals surface area contributed by atoms with Crippen LogP contribution in [-0.2, 0) is 0 Å². The van der Waals surface area contributed by atoms with Gasteiger partial charge in [-0.2, -0.15) is 0 Å². The number of hydrogen-bond acceptors (Lipinski definition) is 0. The molecule has 1 aliphatic carbocycles. The summed E-state index contributed by atoms with van der Waals surface area (Å²) in [6.45, 7) is 4.74. The summed E-state index contributed by atoms with van der Waals surface area (Å²) in [5.41, 5.74) is 0. The third-order valence-corrected chi connectivity index (χ3v) is 3.40. The fourth-order valence-corrected chi connectivity index (χ4v) is 1.99. The summed E-state index contributed by atoms with van der Waals surface area (Å²) in [5, 5.41) is 0. The molecular formula is C8H15I. The highest BCUT2D eigenvalue weighted by atomic mass is 127. The summed E-state index contributed by atoms with van der Waals surface area (Å²) in [7, 11) is 0. The second-order valence-electron chi connectivity index (χ2n) is 3.60. The molecule has 0 heterocycles. The Labute approximate surface area is 71.5 Å². The first-order chi connectivity index (χ1) is 4.10. The predicted molar refractivity (Wildman–Crippen MR) is 50.1 cm³/mol. The summed E-state index contributed by atoms with van der Waals surface area (Å²) in [4.78, 5) is 0. The molecule has 0 N–H and O–H groups in total. The highest BCUT2D eigenvalue weighted by Gasteiger charge is 2.25. The number of hydrogen-bond donors (Lipinski definition) is 0. The Bertz CT molecular complexity index is 86.7. The van der Waals surface area contributed by atoms with Crippen LogP contribution >= 0.6 is 22.6 Å². The Morgan fingerprint density at radius 3 is 2.11 bits per heavy atom. The van der Waals surface area contributed by atoms with E-state index < -0.39 is 0 Å². The maximum absolute atomic E-state index is 2.60. The van der Waals surface area contributed by atoms with Gasteiger partial charge in [-0.3, -0.25) is 0 Å². The first-order valence-electron chi connectivity index (χ1n) is 3.79. The molecule has 1 heteroatoms. The SMILES string of the molecule is CC1CCC(C)(I)CC1. The molecule has 0 bridgehead atoms. The van der Waals surface area contributed by atoms with Gasteiger partial charge >= 0.3 is 0 Å².